The van der Waals surface area contributed by atoms with Gasteiger partial charge in [-0.15, -0.1) is 4.68 Å². The second-order valence-electron chi connectivity index (χ2n) is 4.22. The van der Waals surface area contributed by atoms with Crippen LogP contribution in [0.1, 0.15) is 26.6 Å². The van der Waals surface area contributed by atoms with Crippen molar-refractivity contribution in [3.05, 3.63) is 12.4 Å². The average Bonchev–Trinajstić information content (AvgIpc) is 2.42. The number of hydrogen-bond donors (Lipinski definition) is 0. The molecule has 0 spiro atoms. The monoisotopic (exact) mass is 254 g/mol. The predicted molar refractivity (Wildman–Crippen MR) is 56.5 cm³/mol. The molecule has 1 aromatic rings. The minimum Gasteiger partial charge on any atom is -0.418 e. The van der Waals surface area contributed by atoms with Crippen LogP contribution in [0.25, 0.3) is 6.20 Å². The molecule has 0 atom stereocenters. The maximum Gasteiger partial charge on any atom is 0.673 e. The van der Waals surface area contributed by atoms with Gasteiger partial charge in [-0.3, -0.25) is 0 Å². The van der Waals surface area contributed by atoms with E-state index < -0.39 is 7.25 Å². The topological polar surface area (TPSA) is 34.6 Å². The standard InChI is InChI=1S/C8H15N4.BF4/c1-6-11-7(2)9-12(10-11)8(3,4)5;2-1(3,4)5/h6H,1H2,2-5H3;/q+1;-1. The van der Waals surface area contributed by atoms with Gasteiger partial charge in [-0.2, -0.15) is 0 Å². The van der Waals surface area contributed by atoms with Crippen LogP contribution >= 0.6 is 0 Å². The SMILES string of the molecule is C=C[n+]1nn(C(C)(C)C)nc1C.F[B-](F)(F)F. The van der Waals surface area contributed by atoms with Crippen molar-refractivity contribution in [2.45, 2.75) is 33.2 Å². The lowest BCUT2D eigenvalue weighted by Gasteiger charge is -2.07. The third-order valence-electron chi connectivity index (χ3n) is 1.53. The van der Waals surface area contributed by atoms with Gasteiger partial charge in [0.2, 0.25) is 0 Å². The summed E-state index contributed by atoms with van der Waals surface area (Å²) < 4.78 is 40.7. The molecule has 1 aromatic heterocycles. The lowest BCUT2D eigenvalue weighted by atomic mass is 10.1. The zero-order valence-electron chi connectivity index (χ0n) is 10.2. The van der Waals surface area contributed by atoms with Crippen molar-refractivity contribution in [3.8, 4) is 0 Å². The first-order chi connectivity index (χ1) is 7.45. The second kappa shape index (κ2) is 5.28. The van der Waals surface area contributed by atoms with Crippen molar-refractivity contribution >= 4 is 13.5 Å². The van der Waals surface area contributed by atoms with E-state index in [4.69, 9.17) is 0 Å². The molecular weight excluding hydrogens is 239 g/mol. The molecule has 0 saturated carbocycles. The third-order valence-corrected chi connectivity index (χ3v) is 1.53. The Morgan fingerprint density at radius 2 is 1.71 bits per heavy atom. The van der Waals surface area contributed by atoms with Crippen LogP contribution in [0.3, 0.4) is 0 Å². The maximum absolute atomic E-state index is 9.75. The number of halogens is 4. The molecule has 4 nitrogen and oxygen atoms in total. The van der Waals surface area contributed by atoms with Crippen molar-refractivity contribution in [1.29, 1.82) is 0 Å². The Morgan fingerprint density at radius 1 is 1.29 bits per heavy atom. The molecule has 9 heteroatoms. The number of hydrogen-bond acceptors (Lipinski definition) is 2. The van der Waals surface area contributed by atoms with Gasteiger partial charge in [0.05, 0.1) is 16.5 Å². The zero-order valence-corrected chi connectivity index (χ0v) is 10.2. The summed E-state index contributed by atoms with van der Waals surface area (Å²) in [5.41, 5.74) is -0.0704. The molecule has 0 aliphatic carbocycles. The van der Waals surface area contributed by atoms with Gasteiger partial charge in [-0.25, -0.2) is 0 Å². The van der Waals surface area contributed by atoms with E-state index in [0.717, 1.165) is 5.82 Å². The van der Waals surface area contributed by atoms with Crippen LogP contribution in [0, 0.1) is 6.92 Å². The van der Waals surface area contributed by atoms with Gasteiger partial charge in [0.1, 0.15) is 5.54 Å². The van der Waals surface area contributed by atoms with Crippen LogP contribution in [-0.2, 0) is 5.54 Å². The van der Waals surface area contributed by atoms with Crippen molar-refractivity contribution in [2.24, 2.45) is 0 Å². The molecule has 17 heavy (non-hydrogen) atoms. The minimum absolute atomic E-state index is 0.0704. The molecule has 0 fully saturated rings. The largest absolute Gasteiger partial charge is 0.673 e. The summed E-state index contributed by atoms with van der Waals surface area (Å²) in [4.78, 5) is 1.68. The number of tetrazole rings is 1. The maximum atomic E-state index is 9.75. The highest BCUT2D eigenvalue weighted by Gasteiger charge is 2.25. The Labute approximate surface area is 97.0 Å². The van der Waals surface area contributed by atoms with Gasteiger partial charge in [0.25, 0.3) is 5.82 Å². The summed E-state index contributed by atoms with van der Waals surface area (Å²) in [6.07, 6.45) is 1.64. The Morgan fingerprint density at radius 3 is 1.88 bits per heavy atom. The van der Waals surface area contributed by atoms with E-state index in [2.05, 4.69) is 37.7 Å². The first kappa shape index (κ1) is 15.6. The molecular formula is C8H15BF4N4. The van der Waals surface area contributed by atoms with Gasteiger partial charge in [0, 0.05) is 6.92 Å². The Kier molecular flexibility index (Phi) is 4.85. The van der Waals surface area contributed by atoms with E-state index in [1.165, 1.54) is 0 Å². The Hall–Kier alpha value is -1.41. The van der Waals surface area contributed by atoms with Gasteiger partial charge in [0.15, 0.2) is 0 Å². The fourth-order valence-corrected chi connectivity index (χ4v) is 0.812. The summed E-state index contributed by atoms with van der Waals surface area (Å²) in [6, 6.07) is 0. The predicted octanol–water partition coefficient (Wildman–Crippen LogP) is 2.03. The molecule has 1 rings (SSSR count). The highest BCUT2D eigenvalue weighted by molar-refractivity contribution is 6.50. The van der Waals surface area contributed by atoms with Crippen molar-refractivity contribution in [1.82, 2.24) is 15.1 Å². The lowest BCUT2D eigenvalue weighted by molar-refractivity contribution is -0.643. The van der Waals surface area contributed by atoms with Gasteiger partial charge < -0.3 is 17.3 Å². The summed E-state index contributed by atoms with van der Waals surface area (Å²) in [5.74, 6) is 0.847. The van der Waals surface area contributed by atoms with Gasteiger partial charge >= 0.3 is 7.25 Å². The molecule has 0 saturated heterocycles. The summed E-state index contributed by atoms with van der Waals surface area (Å²) in [6.45, 7) is 11.7. The quantitative estimate of drug-likeness (QED) is 0.436. The number of rotatable bonds is 1. The van der Waals surface area contributed by atoms with Crippen LogP contribution in [0.4, 0.5) is 17.3 Å². The molecule has 0 aromatic carbocycles. The van der Waals surface area contributed by atoms with Crippen LogP contribution in [-0.4, -0.2) is 22.4 Å². The molecule has 0 aliphatic rings. The lowest BCUT2D eigenvalue weighted by Crippen LogP contribution is -2.34. The molecule has 0 bridgehead atoms. The van der Waals surface area contributed by atoms with Crippen molar-refractivity contribution < 1.29 is 21.9 Å². The third kappa shape index (κ3) is 6.70. The molecule has 0 amide bonds. The fraction of sp³-hybridized carbons (Fsp3) is 0.625. The molecule has 0 N–H and O–H groups in total. The van der Waals surface area contributed by atoms with E-state index in [1.54, 1.807) is 15.7 Å². The highest BCUT2D eigenvalue weighted by Crippen LogP contribution is 2.08. The second-order valence-corrected chi connectivity index (χ2v) is 4.22. The smallest absolute Gasteiger partial charge is 0.418 e. The molecule has 0 radical (unpaired) electrons. The van der Waals surface area contributed by atoms with Crippen molar-refractivity contribution in [3.63, 3.8) is 0 Å². The number of aromatic nitrogens is 4. The average molecular weight is 254 g/mol. The Balaban J connectivity index is 0.000000437. The first-order valence-electron chi connectivity index (χ1n) is 4.81. The number of nitrogens with zero attached hydrogens (tertiary/aromatic N) is 4. The summed E-state index contributed by atoms with van der Waals surface area (Å²) in [7, 11) is -6.00. The molecule has 0 unspecified atom stereocenters. The summed E-state index contributed by atoms with van der Waals surface area (Å²) in [5, 5.41) is 8.45. The summed E-state index contributed by atoms with van der Waals surface area (Å²) >= 11 is 0. The highest BCUT2D eigenvalue weighted by atomic mass is 19.5. The van der Waals surface area contributed by atoms with E-state index >= 15 is 0 Å². The molecule has 0 aliphatic heterocycles. The molecule has 98 valence electrons. The number of aryl methyl sites for hydroxylation is 1. The zero-order chi connectivity index (χ0) is 13.9. The van der Waals surface area contributed by atoms with Crippen LogP contribution in [0.5, 0.6) is 0 Å². The fourth-order valence-electron chi connectivity index (χ4n) is 0.812. The van der Waals surface area contributed by atoms with Gasteiger partial charge in [-0.05, 0) is 25.6 Å². The minimum atomic E-state index is -6.00. The van der Waals surface area contributed by atoms with E-state index in [1.807, 2.05) is 6.92 Å². The van der Waals surface area contributed by atoms with Crippen molar-refractivity contribution in [2.75, 3.05) is 0 Å². The van der Waals surface area contributed by atoms with Gasteiger partial charge in [-0.1, -0.05) is 6.58 Å². The van der Waals surface area contributed by atoms with E-state index in [9.17, 15) is 17.3 Å². The van der Waals surface area contributed by atoms with E-state index in [0.29, 0.717) is 0 Å². The van der Waals surface area contributed by atoms with E-state index in [-0.39, 0.29) is 5.54 Å². The molecule has 1 heterocycles. The Bertz CT molecular complexity index is 374. The van der Waals surface area contributed by atoms with Crippen LogP contribution in [0.2, 0.25) is 0 Å². The van der Waals surface area contributed by atoms with Crippen LogP contribution < -0.4 is 4.68 Å². The first-order valence-corrected chi connectivity index (χ1v) is 4.81. The van der Waals surface area contributed by atoms with Crippen LogP contribution in [0.15, 0.2) is 6.58 Å². The normalized spacial score (nSPS) is 11.8.